The maximum atomic E-state index is 0. The van der Waals surface area contributed by atoms with E-state index < -0.39 is 0 Å². The Morgan fingerprint density at radius 3 is 0.333 bits per heavy atom. The molecule has 0 unspecified atom stereocenters. The summed E-state index contributed by atoms with van der Waals surface area (Å²) in [5.41, 5.74) is 0. The van der Waals surface area contributed by atoms with Crippen molar-refractivity contribution >= 4 is 113 Å². The Bertz CT molecular complexity index is 14.3. The molecule has 0 saturated heterocycles. The molecule has 0 saturated carbocycles. The van der Waals surface area contributed by atoms with Crippen molar-refractivity contribution in [3.05, 3.63) is 0 Å². The van der Waals surface area contributed by atoms with E-state index in [1.165, 1.54) is 0 Å². The van der Waals surface area contributed by atoms with Crippen LogP contribution in [0.5, 0.6) is 0 Å². The van der Waals surface area contributed by atoms with Gasteiger partial charge in [-0.05, 0) is 0 Å². The van der Waals surface area contributed by atoms with E-state index in [1.54, 1.807) is 0 Å². The van der Waals surface area contributed by atoms with Crippen LogP contribution < -0.4 is 0 Å². The summed E-state index contributed by atoms with van der Waals surface area (Å²) < 4.78 is 0. The van der Waals surface area contributed by atoms with E-state index >= 15 is 0 Å². The van der Waals surface area contributed by atoms with Gasteiger partial charge in [0.1, 0.15) is 0 Å². The average Bonchev–Trinajstić information content (AvgIpc) is 0. The molecule has 0 nitrogen and oxygen atoms in total. The van der Waals surface area contributed by atoms with Gasteiger partial charge in [0, 0.05) is 218 Å². The smallest absolute Gasteiger partial charge is 0 e. The minimum absolute atomic E-state index is 0. The predicted octanol–water partition coefficient (Wildman–Crippen LogP) is -1.16. The fraction of sp³-hybridized carbons (Fsp3) is 0. The first kappa shape index (κ1) is 73.4. The van der Waals surface area contributed by atoms with Crippen LogP contribution in [0.4, 0.5) is 0 Å². The van der Waals surface area contributed by atoms with Crippen molar-refractivity contribution in [3.8, 4) is 0 Å². The van der Waals surface area contributed by atoms with Crippen molar-refractivity contribution in [1.29, 1.82) is 0 Å². The monoisotopic (exact) mass is 447 g/mol. The van der Waals surface area contributed by atoms with E-state index in [2.05, 4.69) is 0 Å². The van der Waals surface area contributed by atoms with Crippen LogP contribution in [0.2, 0.25) is 0 Å². The van der Waals surface area contributed by atoms with E-state index in [9.17, 15) is 0 Å². The molecular formula is Ca3Ni3V3. The predicted molar refractivity (Wildman–Crippen MR) is 17.3 cm³/mol. The summed E-state index contributed by atoms with van der Waals surface area (Å²) in [6, 6.07) is 0. The Morgan fingerprint density at radius 2 is 0.333 bits per heavy atom. The van der Waals surface area contributed by atoms with Crippen molar-refractivity contribution in [2.24, 2.45) is 0 Å². The summed E-state index contributed by atoms with van der Waals surface area (Å²) in [5, 5.41) is 0. The maximum absolute atomic E-state index is 0. The van der Waals surface area contributed by atoms with Gasteiger partial charge in [-0.25, -0.2) is 0 Å². The molecular weight excluding hydrogens is 449 g/mol. The van der Waals surface area contributed by atoms with E-state index in [4.69, 9.17) is 0 Å². The molecule has 0 heterocycles. The molecule has 0 rings (SSSR count). The third-order valence-corrected chi connectivity index (χ3v) is 0. The number of hydrogen-bond donors (Lipinski definition) is 0. The molecule has 0 aliphatic rings. The minimum Gasteiger partial charge on any atom is 0 e. The third kappa shape index (κ3) is 51.7. The molecule has 0 atom stereocenters. The second-order valence-electron chi connectivity index (χ2n) is 0. The van der Waals surface area contributed by atoms with Crippen LogP contribution in [0, 0.1) is 0 Å². The van der Waals surface area contributed by atoms with Crippen molar-refractivity contribution < 1.29 is 105 Å². The van der Waals surface area contributed by atoms with Crippen molar-refractivity contribution in [1.82, 2.24) is 0 Å². The summed E-state index contributed by atoms with van der Waals surface area (Å²) in [4.78, 5) is 0. The van der Waals surface area contributed by atoms with E-state index in [1.807, 2.05) is 0 Å². The molecule has 0 N–H and O–H groups in total. The molecule has 0 bridgehead atoms. The Morgan fingerprint density at radius 1 is 0.333 bits per heavy atom. The Balaban J connectivity index is 0. The topological polar surface area (TPSA) is 0 Å². The van der Waals surface area contributed by atoms with Crippen LogP contribution in [-0.2, 0) is 105 Å². The van der Waals surface area contributed by atoms with Gasteiger partial charge in [0.25, 0.3) is 0 Å². The van der Waals surface area contributed by atoms with Crippen LogP contribution in [0.15, 0.2) is 0 Å². The maximum Gasteiger partial charge on any atom is 0 e. The molecule has 51 valence electrons. The first-order valence-corrected chi connectivity index (χ1v) is 0. The SMILES string of the molecule is [Ca].[Ca].[Ca].[Ni].[Ni].[Ni].[V].[V].[V]. The van der Waals surface area contributed by atoms with Crippen LogP contribution in [0.25, 0.3) is 0 Å². The van der Waals surface area contributed by atoms with Gasteiger partial charge in [0.2, 0.25) is 0 Å². The first-order chi connectivity index (χ1) is 0. The van der Waals surface area contributed by atoms with Crippen molar-refractivity contribution in [2.75, 3.05) is 0 Å². The van der Waals surface area contributed by atoms with Crippen LogP contribution in [0.3, 0.4) is 0 Å². The van der Waals surface area contributed by atoms with Crippen LogP contribution in [-0.4, -0.2) is 113 Å². The normalized spacial score (nSPS) is 0. The van der Waals surface area contributed by atoms with Gasteiger partial charge in [-0.2, -0.15) is 0 Å². The molecule has 9 radical (unpaired) electrons. The third-order valence-electron chi connectivity index (χ3n) is 0. The summed E-state index contributed by atoms with van der Waals surface area (Å²) >= 11 is 0. The molecule has 0 aliphatic carbocycles. The standard InChI is InChI=1S/3Ca.3Ni.3V. The number of hydrogen-bond acceptors (Lipinski definition) is 0. The zero-order chi connectivity index (χ0) is 0. The largest absolute Gasteiger partial charge is 0 e. The molecule has 0 aromatic heterocycles. The molecule has 0 spiro atoms. The van der Waals surface area contributed by atoms with Gasteiger partial charge in [-0.1, -0.05) is 0 Å². The molecule has 0 aromatic carbocycles. The zero-order valence-corrected chi connectivity index (χ0v) is 18.2. The molecule has 0 aliphatic heterocycles. The van der Waals surface area contributed by atoms with Gasteiger partial charge in [0.05, 0.1) is 0 Å². The fourth-order valence-electron chi connectivity index (χ4n) is 0. The summed E-state index contributed by atoms with van der Waals surface area (Å²) in [6.07, 6.45) is 0. The average molecular weight is 449 g/mol. The molecule has 9 heavy (non-hydrogen) atoms. The van der Waals surface area contributed by atoms with Crippen molar-refractivity contribution in [3.63, 3.8) is 0 Å². The van der Waals surface area contributed by atoms with Crippen LogP contribution in [0.1, 0.15) is 0 Å². The second kappa shape index (κ2) is 59.9. The zero-order valence-electron chi connectivity index (χ0n) is 4.41. The minimum atomic E-state index is 0. The summed E-state index contributed by atoms with van der Waals surface area (Å²) in [5.74, 6) is 0. The summed E-state index contributed by atoms with van der Waals surface area (Å²) in [7, 11) is 0. The molecule has 9 heteroatoms. The van der Waals surface area contributed by atoms with E-state index in [-0.39, 0.29) is 218 Å². The van der Waals surface area contributed by atoms with Gasteiger partial charge >= 0.3 is 0 Å². The molecule has 0 aromatic rings. The Hall–Kier alpha value is 7.01. The molecule has 0 amide bonds. The van der Waals surface area contributed by atoms with E-state index in [0.29, 0.717) is 0 Å². The fourth-order valence-corrected chi connectivity index (χ4v) is 0. The first-order valence-electron chi connectivity index (χ1n) is 0. The van der Waals surface area contributed by atoms with Gasteiger partial charge in [-0.3, -0.25) is 0 Å². The van der Waals surface area contributed by atoms with Crippen LogP contribution >= 0.6 is 0 Å². The second-order valence-corrected chi connectivity index (χ2v) is 0. The molecule has 0 fully saturated rings. The van der Waals surface area contributed by atoms with Gasteiger partial charge in [0.15, 0.2) is 0 Å². The Kier molecular flexibility index (Phi) is 489. The van der Waals surface area contributed by atoms with Crippen molar-refractivity contribution in [2.45, 2.75) is 0 Å². The Labute approximate surface area is 212 Å². The van der Waals surface area contributed by atoms with Gasteiger partial charge < -0.3 is 0 Å². The van der Waals surface area contributed by atoms with E-state index in [0.717, 1.165) is 0 Å². The quantitative estimate of drug-likeness (QED) is 0.410. The number of rotatable bonds is 0. The summed E-state index contributed by atoms with van der Waals surface area (Å²) in [6.45, 7) is 0. The van der Waals surface area contributed by atoms with Gasteiger partial charge in [-0.15, -0.1) is 0 Å².